The van der Waals surface area contributed by atoms with Crippen molar-refractivity contribution >= 4 is 23.3 Å². The highest BCUT2D eigenvalue weighted by atomic mass is 32.1. The molecular weight excluding hydrogens is 240 g/mol. The van der Waals surface area contributed by atoms with Crippen molar-refractivity contribution in [3.05, 3.63) is 22.4 Å². The van der Waals surface area contributed by atoms with Crippen LogP contribution in [0.3, 0.4) is 0 Å². The van der Waals surface area contributed by atoms with Crippen molar-refractivity contribution in [1.82, 2.24) is 0 Å². The molecule has 1 heterocycles. The number of aliphatic carboxylic acids is 1. The molecule has 0 amide bonds. The van der Waals surface area contributed by atoms with Gasteiger partial charge in [-0.15, -0.1) is 11.3 Å². The van der Waals surface area contributed by atoms with Crippen LogP contribution < -0.4 is 0 Å². The number of carboxylic acid groups (broad SMARTS) is 1. The summed E-state index contributed by atoms with van der Waals surface area (Å²) in [6.45, 7) is 6.93. The van der Waals surface area contributed by atoms with Gasteiger partial charge in [-0.05, 0) is 32.2 Å². The van der Waals surface area contributed by atoms with Gasteiger partial charge in [-0.25, -0.2) is 0 Å². The zero-order valence-corrected chi connectivity index (χ0v) is 11.3. The Bertz CT molecular complexity index is 349. The topological polar surface area (TPSA) is 63.6 Å². The number of carboxylic acids is 1. The van der Waals surface area contributed by atoms with E-state index in [0.29, 0.717) is 0 Å². The SMILES string of the molecule is CC(=O)OC(C)(C)C.O=C(O)Cc1cccs1. The van der Waals surface area contributed by atoms with Crippen LogP contribution >= 0.6 is 11.3 Å². The summed E-state index contributed by atoms with van der Waals surface area (Å²) in [6, 6.07) is 3.67. The lowest BCUT2D eigenvalue weighted by Gasteiger charge is -2.17. The highest BCUT2D eigenvalue weighted by Crippen LogP contribution is 2.08. The van der Waals surface area contributed by atoms with Crippen molar-refractivity contribution in [1.29, 1.82) is 0 Å². The van der Waals surface area contributed by atoms with Gasteiger partial charge in [-0.3, -0.25) is 9.59 Å². The molecule has 0 aliphatic heterocycles. The lowest BCUT2D eigenvalue weighted by atomic mass is 10.2. The minimum atomic E-state index is -0.766. The molecule has 0 aliphatic rings. The number of hydrogen-bond acceptors (Lipinski definition) is 4. The number of ether oxygens (including phenoxy) is 1. The molecule has 0 spiro atoms. The third kappa shape index (κ3) is 10.9. The molecule has 5 heteroatoms. The molecule has 1 aromatic heterocycles. The van der Waals surface area contributed by atoms with Crippen molar-refractivity contribution in [2.75, 3.05) is 0 Å². The first-order valence-corrected chi connectivity index (χ1v) is 6.02. The highest BCUT2D eigenvalue weighted by molar-refractivity contribution is 7.10. The van der Waals surface area contributed by atoms with E-state index in [1.54, 1.807) is 0 Å². The minimum absolute atomic E-state index is 0.150. The summed E-state index contributed by atoms with van der Waals surface area (Å²) in [7, 11) is 0. The van der Waals surface area contributed by atoms with E-state index in [1.807, 2.05) is 38.3 Å². The molecule has 1 N–H and O–H groups in total. The number of carbonyl (C=O) groups is 2. The molecule has 0 aliphatic carbocycles. The number of thiophene rings is 1. The highest BCUT2D eigenvalue weighted by Gasteiger charge is 2.11. The zero-order chi connectivity index (χ0) is 13.5. The fourth-order valence-electron chi connectivity index (χ4n) is 0.993. The maximum absolute atomic E-state index is 10.2. The van der Waals surface area contributed by atoms with Crippen molar-refractivity contribution in [2.24, 2.45) is 0 Å². The van der Waals surface area contributed by atoms with Crippen LogP contribution in [-0.2, 0) is 20.7 Å². The molecule has 4 nitrogen and oxygen atoms in total. The molecule has 0 saturated heterocycles. The van der Waals surface area contributed by atoms with Gasteiger partial charge in [0.25, 0.3) is 0 Å². The molecule has 17 heavy (non-hydrogen) atoms. The van der Waals surface area contributed by atoms with E-state index in [-0.39, 0.29) is 18.0 Å². The monoisotopic (exact) mass is 258 g/mol. The second-order valence-corrected chi connectivity index (χ2v) is 5.39. The van der Waals surface area contributed by atoms with Crippen LogP contribution in [0.5, 0.6) is 0 Å². The Morgan fingerprint density at radius 1 is 1.41 bits per heavy atom. The molecule has 0 fully saturated rings. The number of rotatable bonds is 2. The average molecular weight is 258 g/mol. The lowest BCUT2D eigenvalue weighted by Crippen LogP contribution is -2.21. The van der Waals surface area contributed by atoms with E-state index < -0.39 is 5.97 Å². The number of carbonyl (C=O) groups excluding carboxylic acids is 1. The standard InChI is InChI=1S/C6H6O2S.C6H12O2/c7-6(8)4-5-2-1-3-9-5;1-5(7)8-6(2,3)4/h1-3H,4H2,(H,7,8);1-4H3. The summed E-state index contributed by atoms with van der Waals surface area (Å²) in [5, 5.41) is 10.2. The third-order valence-electron chi connectivity index (χ3n) is 1.36. The predicted molar refractivity (Wildman–Crippen MR) is 67.2 cm³/mol. The molecule has 0 bridgehead atoms. The van der Waals surface area contributed by atoms with Gasteiger partial charge < -0.3 is 9.84 Å². The van der Waals surface area contributed by atoms with E-state index in [0.717, 1.165) is 4.88 Å². The second-order valence-electron chi connectivity index (χ2n) is 4.36. The fourth-order valence-corrected chi connectivity index (χ4v) is 1.69. The Kier molecular flexibility index (Phi) is 6.50. The molecular formula is C12H18O4S. The maximum Gasteiger partial charge on any atom is 0.308 e. The molecule has 0 saturated carbocycles. The van der Waals surface area contributed by atoms with E-state index in [4.69, 9.17) is 9.84 Å². The van der Waals surface area contributed by atoms with Crippen molar-refractivity contribution < 1.29 is 19.4 Å². The summed E-state index contributed by atoms with van der Waals surface area (Å²) >= 11 is 1.47. The quantitative estimate of drug-likeness (QED) is 0.828. The average Bonchev–Trinajstić information content (AvgIpc) is 2.51. The molecule has 1 rings (SSSR count). The zero-order valence-electron chi connectivity index (χ0n) is 10.5. The minimum Gasteiger partial charge on any atom is -0.481 e. The Labute approximate surface area is 105 Å². The summed E-state index contributed by atoms with van der Waals surface area (Å²) in [6.07, 6.45) is 0.150. The first kappa shape index (κ1) is 15.6. The molecule has 1 aromatic rings. The fraction of sp³-hybridized carbons (Fsp3) is 0.500. The van der Waals surface area contributed by atoms with Gasteiger partial charge in [0, 0.05) is 11.8 Å². The van der Waals surface area contributed by atoms with Crippen molar-refractivity contribution in [3.63, 3.8) is 0 Å². The van der Waals surface area contributed by atoms with Crippen LogP contribution in [0.4, 0.5) is 0 Å². The van der Waals surface area contributed by atoms with Gasteiger partial charge in [0.1, 0.15) is 5.60 Å². The number of hydrogen-bond donors (Lipinski definition) is 1. The third-order valence-corrected chi connectivity index (χ3v) is 2.23. The van der Waals surface area contributed by atoms with E-state index >= 15 is 0 Å². The van der Waals surface area contributed by atoms with E-state index in [9.17, 15) is 9.59 Å². The molecule has 0 aromatic carbocycles. The van der Waals surface area contributed by atoms with Crippen LogP contribution in [0, 0.1) is 0 Å². The largest absolute Gasteiger partial charge is 0.481 e. The van der Waals surface area contributed by atoms with Crippen LogP contribution in [0.2, 0.25) is 0 Å². The van der Waals surface area contributed by atoms with Gasteiger partial charge in [0.15, 0.2) is 0 Å². The summed E-state index contributed by atoms with van der Waals surface area (Å²) in [5.41, 5.74) is -0.328. The van der Waals surface area contributed by atoms with Gasteiger partial charge in [-0.2, -0.15) is 0 Å². The first-order chi connectivity index (χ1) is 7.70. The summed E-state index contributed by atoms with van der Waals surface area (Å²) in [4.78, 5) is 21.2. The maximum atomic E-state index is 10.2. The molecule has 0 atom stereocenters. The Balaban J connectivity index is 0.000000304. The van der Waals surface area contributed by atoms with Gasteiger partial charge in [-0.1, -0.05) is 6.07 Å². The summed E-state index contributed by atoms with van der Waals surface area (Å²) in [5.74, 6) is -0.991. The van der Waals surface area contributed by atoms with Gasteiger partial charge in [0.2, 0.25) is 0 Å². The van der Waals surface area contributed by atoms with Crippen LogP contribution in [0.1, 0.15) is 32.6 Å². The van der Waals surface area contributed by atoms with Crippen LogP contribution in [-0.4, -0.2) is 22.6 Å². The molecule has 0 radical (unpaired) electrons. The lowest BCUT2D eigenvalue weighted by molar-refractivity contribution is -0.151. The van der Waals surface area contributed by atoms with Gasteiger partial charge in [0.05, 0.1) is 6.42 Å². The van der Waals surface area contributed by atoms with Crippen LogP contribution in [0.15, 0.2) is 17.5 Å². The van der Waals surface area contributed by atoms with Crippen molar-refractivity contribution in [3.8, 4) is 0 Å². The number of esters is 1. The Hall–Kier alpha value is -1.36. The predicted octanol–water partition coefficient (Wildman–Crippen LogP) is 2.72. The Morgan fingerprint density at radius 3 is 2.24 bits per heavy atom. The Morgan fingerprint density at radius 2 is 2.00 bits per heavy atom. The molecule has 0 unspecified atom stereocenters. The van der Waals surface area contributed by atoms with Gasteiger partial charge >= 0.3 is 11.9 Å². The smallest absolute Gasteiger partial charge is 0.308 e. The van der Waals surface area contributed by atoms with E-state index in [1.165, 1.54) is 18.3 Å². The van der Waals surface area contributed by atoms with Crippen LogP contribution in [0.25, 0.3) is 0 Å². The van der Waals surface area contributed by atoms with Crippen molar-refractivity contribution in [2.45, 2.75) is 39.7 Å². The summed E-state index contributed by atoms with van der Waals surface area (Å²) < 4.78 is 4.80. The second kappa shape index (κ2) is 7.06. The molecule has 96 valence electrons. The van der Waals surface area contributed by atoms with E-state index in [2.05, 4.69) is 0 Å². The normalized spacial score (nSPS) is 10.1. The first-order valence-electron chi connectivity index (χ1n) is 5.14.